The Labute approximate surface area is 114 Å². The van der Waals surface area contributed by atoms with Crippen molar-refractivity contribution < 1.29 is 18.7 Å². The molecule has 3 nitrogen and oxygen atoms in total. The van der Waals surface area contributed by atoms with Crippen LogP contribution in [-0.4, -0.2) is 11.1 Å². The van der Waals surface area contributed by atoms with Crippen LogP contribution in [0.1, 0.15) is 17.2 Å². The van der Waals surface area contributed by atoms with Crippen molar-refractivity contribution in [2.45, 2.75) is 12.6 Å². The second kappa shape index (κ2) is 6.25. The van der Waals surface area contributed by atoms with Gasteiger partial charge in [0.05, 0.1) is 0 Å². The van der Waals surface area contributed by atoms with Crippen LogP contribution in [0.4, 0.5) is 8.78 Å². The standard InChI is InChI=1S/C15H13F2NO2/c16-11-7-5-10(6-8-11)9-18-14(15(19)20)12-3-1-2-4-13(12)17/h1-8,14,18H,9H2,(H,19,20). The first-order chi connectivity index (χ1) is 9.58. The molecule has 0 spiro atoms. The van der Waals surface area contributed by atoms with Crippen LogP contribution in [-0.2, 0) is 11.3 Å². The van der Waals surface area contributed by atoms with E-state index in [9.17, 15) is 18.7 Å². The molecule has 20 heavy (non-hydrogen) atoms. The van der Waals surface area contributed by atoms with Crippen LogP contribution < -0.4 is 5.32 Å². The van der Waals surface area contributed by atoms with Gasteiger partial charge in [-0.15, -0.1) is 0 Å². The molecule has 1 unspecified atom stereocenters. The molecule has 2 aromatic carbocycles. The molecule has 0 saturated heterocycles. The molecule has 0 aliphatic rings. The number of rotatable bonds is 5. The molecule has 0 saturated carbocycles. The van der Waals surface area contributed by atoms with Crippen LogP contribution in [0.2, 0.25) is 0 Å². The number of hydrogen-bond donors (Lipinski definition) is 2. The van der Waals surface area contributed by atoms with Crippen LogP contribution in [0.25, 0.3) is 0 Å². The van der Waals surface area contributed by atoms with E-state index in [4.69, 9.17) is 0 Å². The fourth-order valence-corrected chi connectivity index (χ4v) is 1.86. The van der Waals surface area contributed by atoms with Crippen LogP contribution in [0.5, 0.6) is 0 Å². The molecule has 0 radical (unpaired) electrons. The molecule has 0 aliphatic carbocycles. The Morgan fingerprint density at radius 3 is 2.35 bits per heavy atom. The molecule has 1 atom stereocenters. The third kappa shape index (κ3) is 3.39. The summed E-state index contributed by atoms with van der Waals surface area (Å²) in [4.78, 5) is 11.2. The predicted octanol–water partition coefficient (Wildman–Crippen LogP) is 2.88. The van der Waals surface area contributed by atoms with Crippen molar-refractivity contribution in [2.75, 3.05) is 0 Å². The predicted molar refractivity (Wildman–Crippen MR) is 70.0 cm³/mol. The van der Waals surface area contributed by atoms with E-state index in [0.717, 1.165) is 0 Å². The molecule has 2 N–H and O–H groups in total. The fourth-order valence-electron chi connectivity index (χ4n) is 1.86. The summed E-state index contributed by atoms with van der Waals surface area (Å²) in [7, 11) is 0. The summed E-state index contributed by atoms with van der Waals surface area (Å²) < 4.78 is 26.4. The van der Waals surface area contributed by atoms with E-state index in [1.54, 1.807) is 18.2 Å². The number of nitrogens with one attached hydrogen (secondary N) is 1. The minimum absolute atomic E-state index is 0.0714. The van der Waals surface area contributed by atoms with Gasteiger partial charge in [-0.05, 0) is 23.8 Å². The van der Waals surface area contributed by atoms with Gasteiger partial charge >= 0.3 is 5.97 Å². The van der Waals surface area contributed by atoms with E-state index in [-0.39, 0.29) is 17.9 Å². The third-order valence-electron chi connectivity index (χ3n) is 2.89. The first-order valence-electron chi connectivity index (χ1n) is 6.03. The Bertz CT molecular complexity index is 599. The van der Waals surface area contributed by atoms with Gasteiger partial charge in [0.2, 0.25) is 0 Å². The van der Waals surface area contributed by atoms with E-state index in [1.807, 2.05) is 0 Å². The lowest BCUT2D eigenvalue weighted by molar-refractivity contribution is -0.139. The van der Waals surface area contributed by atoms with Crippen molar-refractivity contribution in [3.05, 3.63) is 71.3 Å². The third-order valence-corrected chi connectivity index (χ3v) is 2.89. The Kier molecular flexibility index (Phi) is 4.42. The van der Waals surface area contributed by atoms with Gasteiger partial charge in [0.15, 0.2) is 0 Å². The highest BCUT2D eigenvalue weighted by Gasteiger charge is 2.22. The Morgan fingerprint density at radius 1 is 1.10 bits per heavy atom. The largest absolute Gasteiger partial charge is 0.480 e. The summed E-state index contributed by atoms with van der Waals surface area (Å²) in [6, 6.07) is 10.2. The second-order valence-electron chi connectivity index (χ2n) is 4.30. The summed E-state index contributed by atoms with van der Waals surface area (Å²) in [6.07, 6.45) is 0. The lowest BCUT2D eigenvalue weighted by Crippen LogP contribution is -2.28. The molecule has 0 amide bonds. The zero-order valence-electron chi connectivity index (χ0n) is 10.5. The highest BCUT2D eigenvalue weighted by molar-refractivity contribution is 5.75. The molecule has 0 heterocycles. The van der Waals surface area contributed by atoms with E-state index in [2.05, 4.69) is 5.32 Å². The highest BCUT2D eigenvalue weighted by Crippen LogP contribution is 2.17. The molecular weight excluding hydrogens is 264 g/mol. The molecule has 2 rings (SSSR count). The Morgan fingerprint density at radius 2 is 1.75 bits per heavy atom. The summed E-state index contributed by atoms with van der Waals surface area (Å²) >= 11 is 0. The quantitative estimate of drug-likeness (QED) is 0.883. The van der Waals surface area contributed by atoms with Crippen molar-refractivity contribution in [3.63, 3.8) is 0 Å². The van der Waals surface area contributed by atoms with E-state index < -0.39 is 17.8 Å². The first-order valence-corrected chi connectivity index (χ1v) is 6.03. The van der Waals surface area contributed by atoms with Crippen molar-refractivity contribution in [1.29, 1.82) is 0 Å². The minimum Gasteiger partial charge on any atom is -0.480 e. The fraction of sp³-hybridized carbons (Fsp3) is 0.133. The SMILES string of the molecule is O=C(O)C(NCc1ccc(F)cc1)c1ccccc1F. The first kappa shape index (κ1) is 14.1. The van der Waals surface area contributed by atoms with Crippen molar-refractivity contribution in [2.24, 2.45) is 0 Å². The maximum absolute atomic E-state index is 13.6. The highest BCUT2D eigenvalue weighted by atomic mass is 19.1. The lowest BCUT2D eigenvalue weighted by Gasteiger charge is -2.15. The molecule has 0 aromatic heterocycles. The molecule has 0 aliphatic heterocycles. The van der Waals surface area contributed by atoms with Gasteiger partial charge in [0, 0.05) is 12.1 Å². The zero-order valence-corrected chi connectivity index (χ0v) is 10.5. The summed E-state index contributed by atoms with van der Waals surface area (Å²) in [5.74, 6) is -2.11. The summed E-state index contributed by atoms with van der Waals surface area (Å²) in [5, 5.41) is 11.9. The Balaban J connectivity index is 2.13. The zero-order chi connectivity index (χ0) is 14.5. The van der Waals surface area contributed by atoms with E-state index >= 15 is 0 Å². The monoisotopic (exact) mass is 277 g/mol. The summed E-state index contributed by atoms with van der Waals surface area (Å²) in [5.41, 5.74) is 0.788. The molecule has 0 bridgehead atoms. The average Bonchev–Trinajstić information content (AvgIpc) is 2.42. The van der Waals surface area contributed by atoms with Crippen LogP contribution >= 0.6 is 0 Å². The van der Waals surface area contributed by atoms with E-state index in [1.165, 1.54) is 30.3 Å². The van der Waals surface area contributed by atoms with Gasteiger partial charge in [-0.3, -0.25) is 10.1 Å². The molecule has 2 aromatic rings. The number of hydrogen-bond acceptors (Lipinski definition) is 2. The van der Waals surface area contributed by atoms with Crippen molar-refractivity contribution >= 4 is 5.97 Å². The van der Waals surface area contributed by atoms with Gasteiger partial charge in [-0.2, -0.15) is 0 Å². The van der Waals surface area contributed by atoms with Gasteiger partial charge in [0.25, 0.3) is 0 Å². The van der Waals surface area contributed by atoms with Crippen molar-refractivity contribution in [1.82, 2.24) is 5.32 Å². The number of carbonyl (C=O) groups is 1. The second-order valence-corrected chi connectivity index (χ2v) is 4.30. The maximum atomic E-state index is 13.6. The number of benzene rings is 2. The number of carboxylic acids is 1. The normalized spacial score (nSPS) is 12.1. The van der Waals surface area contributed by atoms with Crippen LogP contribution in [0, 0.1) is 11.6 Å². The lowest BCUT2D eigenvalue weighted by atomic mass is 10.1. The molecule has 0 fully saturated rings. The van der Waals surface area contributed by atoms with Crippen LogP contribution in [0.15, 0.2) is 48.5 Å². The minimum atomic E-state index is -1.17. The topological polar surface area (TPSA) is 49.3 Å². The molecule has 5 heteroatoms. The molecule has 104 valence electrons. The summed E-state index contributed by atoms with van der Waals surface area (Å²) in [6.45, 7) is 0.200. The average molecular weight is 277 g/mol. The van der Waals surface area contributed by atoms with Gasteiger partial charge in [-0.25, -0.2) is 8.78 Å². The van der Waals surface area contributed by atoms with Gasteiger partial charge < -0.3 is 5.11 Å². The van der Waals surface area contributed by atoms with Crippen LogP contribution in [0.3, 0.4) is 0 Å². The number of halogens is 2. The molecular formula is C15H13F2NO2. The number of aliphatic carboxylic acids is 1. The van der Waals surface area contributed by atoms with E-state index in [0.29, 0.717) is 5.56 Å². The van der Waals surface area contributed by atoms with Crippen molar-refractivity contribution in [3.8, 4) is 0 Å². The number of carboxylic acid groups (broad SMARTS) is 1. The smallest absolute Gasteiger partial charge is 0.325 e. The van der Waals surface area contributed by atoms with Gasteiger partial charge in [-0.1, -0.05) is 30.3 Å². The maximum Gasteiger partial charge on any atom is 0.325 e. The van der Waals surface area contributed by atoms with Gasteiger partial charge in [0.1, 0.15) is 17.7 Å². The Hall–Kier alpha value is -2.27.